The molecule has 0 saturated carbocycles. The summed E-state index contributed by atoms with van der Waals surface area (Å²) in [6, 6.07) is 14.3. The van der Waals surface area contributed by atoms with E-state index in [1.807, 2.05) is 52.2 Å². The van der Waals surface area contributed by atoms with Gasteiger partial charge in [-0.2, -0.15) is 0 Å². The number of aryl methyl sites for hydroxylation is 3. The van der Waals surface area contributed by atoms with E-state index in [2.05, 4.69) is 9.88 Å². The molecule has 3 aromatic rings. The van der Waals surface area contributed by atoms with E-state index >= 15 is 0 Å². The predicted octanol–water partition coefficient (Wildman–Crippen LogP) is 5.04. The number of rotatable bonds is 11. The minimum Gasteiger partial charge on any atom is -0.492 e. The second-order valence-corrected chi connectivity index (χ2v) is 8.55. The number of aromatic nitrogens is 1. The van der Waals surface area contributed by atoms with E-state index in [0.717, 1.165) is 34.7 Å². The minimum absolute atomic E-state index is 0.106. The zero-order valence-electron chi connectivity index (χ0n) is 20.1. The average molecular weight is 467 g/mol. The van der Waals surface area contributed by atoms with Crippen molar-refractivity contribution in [3.8, 4) is 22.9 Å². The number of carboxylic acid groups (broad SMARTS) is 1. The Bertz CT molecular complexity index is 1120. The number of aliphatic carboxylic acids is 1. The van der Waals surface area contributed by atoms with Crippen molar-refractivity contribution in [1.29, 1.82) is 0 Å². The van der Waals surface area contributed by atoms with Crippen LogP contribution in [0.1, 0.15) is 28.7 Å². The van der Waals surface area contributed by atoms with Gasteiger partial charge < -0.3 is 19.5 Å². The van der Waals surface area contributed by atoms with Crippen LogP contribution in [0, 0.1) is 19.7 Å². The summed E-state index contributed by atoms with van der Waals surface area (Å²) in [5, 5.41) is 8.78. The summed E-state index contributed by atoms with van der Waals surface area (Å²) in [7, 11) is 4.02. The molecule has 7 heteroatoms. The topological polar surface area (TPSA) is 71.9 Å². The molecule has 6 nitrogen and oxygen atoms in total. The quantitative estimate of drug-likeness (QED) is 0.427. The number of carbonyl (C=O) groups is 1. The summed E-state index contributed by atoms with van der Waals surface area (Å²) >= 11 is 0. The van der Waals surface area contributed by atoms with Crippen LogP contribution in [-0.2, 0) is 17.8 Å². The Morgan fingerprint density at radius 2 is 1.79 bits per heavy atom. The zero-order chi connectivity index (χ0) is 24.7. The summed E-state index contributed by atoms with van der Waals surface area (Å²) in [5.74, 6) is -0.0993. The average Bonchev–Trinajstić information content (AvgIpc) is 2.76. The fourth-order valence-corrected chi connectivity index (χ4v) is 3.67. The molecule has 0 radical (unpaired) electrons. The van der Waals surface area contributed by atoms with E-state index in [-0.39, 0.29) is 19.4 Å². The number of hydrogen-bond donors (Lipinski definition) is 1. The minimum atomic E-state index is -0.949. The molecule has 180 valence electrons. The summed E-state index contributed by atoms with van der Waals surface area (Å²) in [6.45, 7) is 5.68. The molecule has 0 aliphatic carbocycles. The van der Waals surface area contributed by atoms with Crippen LogP contribution in [0.4, 0.5) is 4.39 Å². The van der Waals surface area contributed by atoms with Gasteiger partial charge in [-0.05, 0) is 80.9 Å². The Labute approximate surface area is 200 Å². The highest BCUT2D eigenvalue weighted by Gasteiger charge is 2.12. The van der Waals surface area contributed by atoms with Gasteiger partial charge in [-0.15, -0.1) is 0 Å². The molecule has 34 heavy (non-hydrogen) atoms. The molecule has 3 rings (SSSR count). The maximum absolute atomic E-state index is 14.3. The third kappa shape index (κ3) is 7.02. The Hall–Kier alpha value is -3.45. The van der Waals surface area contributed by atoms with Crippen molar-refractivity contribution in [2.45, 2.75) is 33.3 Å². The maximum Gasteiger partial charge on any atom is 0.303 e. The molecular weight excluding hydrogens is 435 g/mol. The number of halogens is 1. The molecule has 0 amide bonds. The predicted molar refractivity (Wildman–Crippen MR) is 130 cm³/mol. The van der Waals surface area contributed by atoms with Crippen molar-refractivity contribution in [3.05, 3.63) is 76.6 Å². The summed E-state index contributed by atoms with van der Waals surface area (Å²) < 4.78 is 26.0. The van der Waals surface area contributed by atoms with E-state index in [0.29, 0.717) is 23.6 Å². The van der Waals surface area contributed by atoms with Gasteiger partial charge >= 0.3 is 5.97 Å². The van der Waals surface area contributed by atoms with E-state index < -0.39 is 11.8 Å². The first-order chi connectivity index (χ1) is 16.2. The van der Waals surface area contributed by atoms with Crippen LogP contribution in [-0.4, -0.2) is 48.2 Å². The van der Waals surface area contributed by atoms with Crippen LogP contribution < -0.4 is 9.47 Å². The maximum atomic E-state index is 14.3. The second-order valence-electron chi connectivity index (χ2n) is 8.55. The molecule has 0 bridgehead atoms. The first kappa shape index (κ1) is 25.2. The van der Waals surface area contributed by atoms with Crippen LogP contribution in [0.2, 0.25) is 0 Å². The van der Waals surface area contributed by atoms with Crippen LogP contribution in [0.15, 0.2) is 48.5 Å². The molecule has 1 heterocycles. The lowest BCUT2D eigenvalue weighted by Crippen LogP contribution is -2.19. The van der Waals surface area contributed by atoms with Crippen molar-refractivity contribution < 1.29 is 23.8 Å². The van der Waals surface area contributed by atoms with Crippen LogP contribution >= 0.6 is 0 Å². The lowest BCUT2D eigenvalue weighted by molar-refractivity contribution is -0.136. The number of carboxylic acids is 1. The molecule has 0 unspecified atom stereocenters. The van der Waals surface area contributed by atoms with Crippen molar-refractivity contribution >= 4 is 5.97 Å². The third-order valence-electron chi connectivity index (χ3n) is 5.41. The third-order valence-corrected chi connectivity index (χ3v) is 5.41. The largest absolute Gasteiger partial charge is 0.492 e. The molecule has 1 aromatic heterocycles. The van der Waals surface area contributed by atoms with Gasteiger partial charge in [0.15, 0.2) is 0 Å². The standard InChI is InChI=1S/C27H31FN2O4/c1-18-14-22(33-13-12-30(3)4)15-19(2)27(18)24-6-5-7-25(29-24)34-17-20-8-9-21(23(28)16-20)10-11-26(31)32/h5-9,14-16H,10-13,17H2,1-4H3,(H,31,32). The SMILES string of the molecule is Cc1cc(OCCN(C)C)cc(C)c1-c1cccc(OCc2ccc(CCC(=O)O)c(F)c2)n1. The zero-order valence-corrected chi connectivity index (χ0v) is 20.1. The molecular formula is C27H31FN2O4. The normalized spacial score (nSPS) is 11.0. The molecule has 0 fully saturated rings. The molecule has 0 atom stereocenters. The Balaban J connectivity index is 1.69. The number of nitrogens with zero attached hydrogens (tertiary/aromatic N) is 2. The first-order valence-electron chi connectivity index (χ1n) is 11.2. The highest BCUT2D eigenvalue weighted by molar-refractivity contribution is 5.69. The van der Waals surface area contributed by atoms with Gasteiger partial charge in [-0.1, -0.05) is 18.2 Å². The van der Waals surface area contributed by atoms with Gasteiger partial charge in [0.05, 0.1) is 5.69 Å². The number of benzene rings is 2. The summed E-state index contributed by atoms with van der Waals surface area (Å²) in [4.78, 5) is 17.4. The van der Waals surface area contributed by atoms with E-state index in [1.165, 1.54) is 6.07 Å². The van der Waals surface area contributed by atoms with E-state index in [9.17, 15) is 9.18 Å². The van der Waals surface area contributed by atoms with Gasteiger partial charge in [0, 0.05) is 24.6 Å². The molecule has 0 spiro atoms. The van der Waals surface area contributed by atoms with Crippen LogP contribution in [0.5, 0.6) is 11.6 Å². The Morgan fingerprint density at radius 3 is 2.44 bits per heavy atom. The fourth-order valence-electron chi connectivity index (χ4n) is 3.67. The molecule has 0 aliphatic heterocycles. The number of ether oxygens (including phenoxy) is 2. The highest BCUT2D eigenvalue weighted by atomic mass is 19.1. The summed E-state index contributed by atoms with van der Waals surface area (Å²) in [6.07, 6.45) is 0.0512. The van der Waals surface area contributed by atoms with E-state index in [4.69, 9.17) is 14.6 Å². The molecule has 0 saturated heterocycles. The number of pyridine rings is 1. The second kappa shape index (κ2) is 11.6. The van der Waals surface area contributed by atoms with Gasteiger partial charge in [0.1, 0.15) is 24.8 Å². The molecule has 0 aliphatic rings. The van der Waals surface area contributed by atoms with Gasteiger partial charge in [-0.3, -0.25) is 4.79 Å². The molecule has 1 N–H and O–H groups in total. The van der Waals surface area contributed by atoms with Gasteiger partial charge in [0.2, 0.25) is 5.88 Å². The Kier molecular flexibility index (Phi) is 8.60. The van der Waals surface area contributed by atoms with Gasteiger partial charge in [0.25, 0.3) is 0 Å². The van der Waals surface area contributed by atoms with Crippen molar-refractivity contribution in [2.75, 3.05) is 27.2 Å². The smallest absolute Gasteiger partial charge is 0.303 e. The summed E-state index contributed by atoms with van der Waals surface area (Å²) in [5.41, 5.74) is 4.97. The number of hydrogen-bond acceptors (Lipinski definition) is 5. The van der Waals surface area contributed by atoms with Crippen molar-refractivity contribution in [2.24, 2.45) is 0 Å². The van der Waals surface area contributed by atoms with Crippen LogP contribution in [0.3, 0.4) is 0 Å². The van der Waals surface area contributed by atoms with Crippen molar-refractivity contribution in [1.82, 2.24) is 9.88 Å². The fraction of sp³-hybridized carbons (Fsp3) is 0.333. The van der Waals surface area contributed by atoms with Crippen LogP contribution in [0.25, 0.3) is 11.3 Å². The van der Waals surface area contributed by atoms with Crippen molar-refractivity contribution in [3.63, 3.8) is 0 Å². The lowest BCUT2D eigenvalue weighted by atomic mass is 9.99. The highest BCUT2D eigenvalue weighted by Crippen LogP contribution is 2.31. The molecule has 2 aromatic carbocycles. The number of likely N-dealkylation sites (N-methyl/N-ethyl adjacent to an activating group) is 1. The monoisotopic (exact) mass is 466 g/mol. The lowest BCUT2D eigenvalue weighted by Gasteiger charge is -2.15. The first-order valence-corrected chi connectivity index (χ1v) is 11.2. The Morgan fingerprint density at radius 1 is 1.06 bits per heavy atom. The van der Waals surface area contributed by atoms with E-state index in [1.54, 1.807) is 18.2 Å². The van der Waals surface area contributed by atoms with Gasteiger partial charge in [-0.25, -0.2) is 9.37 Å².